The Labute approximate surface area is 414 Å². The van der Waals surface area contributed by atoms with Crippen LogP contribution < -0.4 is 9.80 Å². The Hall–Kier alpha value is -9.18. The van der Waals surface area contributed by atoms with Gasteiger partial charge < -0.3 is 14.2 Å². The highest BCUT2D eigenvalue weighted by Gasteiger charge is 2.21. The number of anilines is 6. The largest absolute Gasteiger partial charge is 0.456 e. The number of hydrogen-bond donors (Lipinski definition) is 0. The number of benzene rings is 11. The van der Waals surface area contributed by atoms with Gasteiger partial charge in [-0.05, 0) is 141 Å². The Bertz CT molecular complexity index is 3950. The van der Waals surface area contributed by atoms with Crippen LogP contribution in [0.2, 0.25) is 0 Å². The normalized spacial score (nSPS) is 13.3. The molecule has 71 heavy (non-hydrogen) atoms. The molecule has 12 aromatic rings. The third kappa shape index (κ3) is 7.94. The average molecular weight is 909 g/mol. The number of hydrogen-bond acceptors (Lipinski definition) is 3. The van der Waals surface area contributed by atoms with Gasteiger partial charge in [-0.1, -0.05) is 188 Å². The molecule has 1 aromatic heterocycles. The lowest BCUT2D eigenvalue weighted by molar-refractivity contribution is 0.670. The highest BCUT2D eigenvalue weighted by Crippen LogP contribution is 2.45. The van der Waals surface area contributed by atoms with Gasteiger partial charge in [0.05, 0.1) is 11.4 Å². The lowest BCUT2D eigenvalue weighted by Crippen LogP contribution is -2.11. The second-order valence-corrected chi connectivity index (χ2v) is 18.5. The zero-order chi connectivity index (χ0) is 47.1. The lowest BCUT2D eigenvalue weighted by atomic mass is 9.92. The van der Waals surface area contributed by atoms with E-state index in [-0.39, 0.29) is 0 Å². The molecule has 336 valence electrons. The van der Waals surface area contributed by atoms with Crippen molar-refractivity contribution in [2.24, 2.45) is 0 Å². The molecule has 0 amide bonds. The van der Waals surface area contributed by atoms with Crippen LogP contribution in [0.5, 0.6) is 0 Å². The second kappa shape index (κ2) is 18.0. The summed E-state index contributed by atoms with van der Waals surface area (Å²) < 4.78 is 6.85. The van der Waals surface area contributed by atoms with Gasteiger partial charge in [0.25, 0.3) is 0 Å². The molecule has 0 N–H and O–H groups in total. The molecule has 0 spiro atoms. The van der Waals surface area contributed by atoms with Crippen molar-refractivity contribution in [1.82, 2.24) is 0 Å². The summed E-state index contributed by atoms with van der Waals surface area (Å²) in [6.45, 7) is 0. The highest BCUT2D eigenvalue weighted by atomic mass is 16.3. The molecule has 1 heterocycles. The molecule has 3 heteroatoms. The SMILES string of the molecule is C1=CCC(c2ccc(N(c3ccc4cc5c(cc4c3)oc3cc4cc(N(c6ccc(-c7ccccc7)cc6)c6ccccc6-c6ccccc6)ccc4cc35)c3ccccc3-c3ccccc3)cc2)C=C1. The summed E-state index contributed by atoms with van der Waals surface area (Å²) in [5.74, 6) is 0.381. The summed E-state index contributed by atoms with van der Waals surface area (Å²) in [4.78, 5) is 4.78. The fraction of sp³-hybridized carbons (Fsp3) is 0.0294. The van der Waals surface area contributed by atoms with Crippen molar-refractivity contribution in [3.8, 4) is 33.4 Å². The molecule has 0 radical (unpaired) electrons. The second-order valence-electron chi connectivity index (χ2n) is 18.5. The molecule has 0 aliphatic heterocycles. The smallest absolute Gasteiger partial charge is 0.136 e. The average Bonchev–Trinajstić information content (AvgIpc) is 3.79. The van der Waals surface area contributed by atoms with Crippen LogP contribution in [0, 0.1) is 0 Å². The Kier molecular flexibility index (Phi) is 10.7. The maximum absolute atomic E-state index is 6.85. The number of furan rings is 1. The first-order valence-electron chi connectivity index (χ1n) is 24.5. The molecule has 1 atom stereocenters. The van der Waals surface area contributed by atoms with E-state index in [9.17, 15) is 0 Å². The summed E-state index contributed by atoms with van der Waals surface area (Å²) in [5.41, 5.74) is 16.7. The van der Waals surface area contributed by atoms with Gasteiger partial charge in [-0.15, -0.1) is 0 Å². The van der Waals surface area contributed by atoms with E-state index in [2.05, 4.69) is 283 Å². The van der Waals surface area contributed by atoms with Crippen molar-refractivity contribution in [3.05, 3.63) is 279 Å². The van der Waals surface area contributed by atoms with Gasteiger partial charge in [0.2, 0.25) is 0 Å². The molecular formula is C68H48N2O. The van der Waals surface area contributed by atoms with Crippen LogP contribution in [-0.2, 0) is 0 Å². The van der Waals surface area contributed by atoms with Crippen LogP contribution in [0.4, 0.5) is 34.1 Å². The fourth-order valence-corrected chi connectivity index (χ4v) is 10.6. The van der Waals surface area contributed by atoms with Gasteiger partial charge in [0.15, 0.2) is 0 Å². The molecule has 11 aromatic carbocycles. The third-order valence-electron chi connectivity index (χ3n) is 14.1. The Morgan fingerprint density at radius 1 is 0.338 bits per heavy atom. The first-order chi connectivity index (χ1) is 35.2. The van der Waals surface area contributed by atoms with Crippen LogP contribution in [0.1, 0.15) is 17.9 Å². The van der Waals surface area contributed by atoms with E-state index in [0.717, 1.165) is 89.6 Å². The summed E-state index contributed by atoms with van der Waals surface area (Å²) in [7, 11) is 0. The number of allylic oxidation sites excluding steroid dienone is 4. The van der Waals surface area contributed by atoms with Crippen LogP contribution in [-0.4, -0.2) is 0 Å². The molecule has 0 saturated carbocycles. The van der Waals surface area contributed by atoms with Gasteiger partial charge in [0.1, 0.15) is 11.2 Å². The van der Waals surface area contributed by atoms with Gasteiger partial charge in [-0.2, -0.15) is 0 Å². The molecule has 3 nitrogen and oxygen atoms in total. The molecule has 1 unspecified atom stereocenters. The molecule has 1 aliphatic carbocycles. The molecule has 0 bridgehead atoms. The van der Waals surface area contributed by atoms with Gasteiger partial charge >= 0.3 is 0 Å². The van der Waals surface area contributed by atoms with Gasteiger partial charge in [-0.3, -0.25) is 0 Å². The molecule has 0 fully saturated rings. The van der Waals surface area contributed by atoms with Gasteiger partial charge in [0, 0.05) is 50.6 Å². The van der Waals surface area contributed by atoms with E-state index in [1.54, 1.807) is 0 Å². The molecule has 1 aliphatic rings. The Balaban J connectivity index is 0.909. The standard InChI is InChI=1S/C68H48N2O/c1-5-17-47(18-6-1)49-29-35-57(36-30-49)69(65-27-15-13-25-61(65)51-21-9-3-10-22-51)59-39-33-53-43-63-64-44-54-34-40-60(42-56(54)46-68(64)71-67(63)45-55(53)41-59)70(58-37-31-50(32-38-58)48-19-7-2-8-20-48)66-28-16-14-26-62(66)52-23-11-4-12-24-52/h1-19,21-46,48H,20H2. The van der Waals surface area contributed by atoms with E-state index >= 15 is 0 Å². The summed E-state index contributed by atoms with van der Waals surface area (Å²) in [5, 5.41) is 6.76. The maximum Gasteiger partial charge on any atom is 0.136 e. The van der Waals surface area contributed by atoms with E-state index in [0.29, 0.717) is 5.92 Å². The molecule has 0 saturated heterocycles. The van der Waals surface area contributed by atoms with Crippen LogP contribution in [0.3, 0.4) is 0 Å². The first kappa shape index (κ1) is 42.0. The Morgan fingerprint density at radius 2 is 0.775 bits per heavy atom. The molecular weight excluding hydrogens is 861 g/mol. The highest BCUT2D eigenvalue weighted by molar-refractivity contribution is 6.14. The number of rotatable bonds is 10. The minimum Gasteiger partial charge on any atom is -0.456 e. The van der Waals surface area contributed by atoms with Crippen LogP contribution in [0.25, 0.3) is 76.9 Å². The minimum atomic E-state index is 0.381. The Morgan fingerprint density at radius 3 is 1.27 bits per heavy atom. The zero-order valence-electron chi connectivity index (χ0n) is 39.1. The van der Waals surface area contributed by atoms with Crippen molar-refractivity contribution >= 4 is 77.6 Å². The predicted octanol–water partition coefficient (Wildman–Crippen LogP) is 19.4. The minimum absolute atomic E-state index is 0.381. The predicted molar refractivity (Wildman–Crippen MR) is 300 cm³/mol. The first-order valence-corrected chi connectivity index (χ1v) is 24.5. The van der Waals surface area contributed by atoms with Crippen molar-refractivity contribution in [1.29, 1.82) is 0 Å². The maximum atomic E-state index is 6.85. The van der Waals surface area contributed by atoms with E-state index < -0.39 is 0 Å². The van der Waals surface area contributed by atoms with E-state index in [1.807, 2.05) is 0 Å². The van der Waals surface area contributed by atoms with Gasteiger partial charge in [-0.25, -0.2) is 0 Å². The zero-order valence-corrected chi connectivity index (χ0v) is 39.1. The number of nitrogens with zero attached hydrogens (tertiary/aromatic N) is 2. The summed E-state index contributed by atoms with van der Waals surface area (Å²) >= 11 is 0. The van der Waals surface area contributed by atoms with Crippen LogP contribution in [0.15, 0.2) is 277 Å². The van der Waals surface area contributed by atoms with Crippen molar-refractivity contribution in [2.75, 3.05) is 9.80 Å². The van der Waals surface area contributed by atoms with Crippen molar-refractivity contribution < 1.29 is 4.42 Å². The van der Waals surface area contributed by atoms with Crippen LogP contribution >= 0.6 is 0 Å². The fourth-order valence-electron chi connectivity index (χ4n) is 10.6. The van der Waals surface area contributed by atoms with E-state index in [4.69, 9.17) is 4.42 Å². The monoisotopic (exact) mass is 908 g/mol. The van der Waals surface area contributed by atoms with Crippen molar-refractivity contribution in [3.63, 3.8) is 0 Å². The number of fused-ring (bicyclic) bond motifs is 5. The topological polar surface area (TPSA) is 19.6 Å². The third-order valence-corrected chi connectivity index (χ3v) is 14.1. The quantitative estimate of drug-likeness (QED) is 0.136. The lowest BCUT2D eigenvalue weighted by Gasteiger charge is -2.28. The molecule has 13 rings (SSSR count). The summed E-state index contributed by atoms with van der Waals surface area (Å²) in [6, 6.07) is 90.0. The summed E-state index contributed by atoms with van der Waals surface area (Å²) in [6.07, 6.45) is 9.86. The number of para-hydroxylation sites is 2. The van der Waals surface area contributed by atoms with E-state index in [1.165, 1.54) is 33.4 Å². The van der Waals surface area contributed by atoms with Crippen molar-refractivity contribution in [2.45, 2.75) is 12.3 Å².